The monoisotopic (exact) mass is 344 g/mol. The first-order chi connectivity index (χ1) is 11.5. The Bertz CT molecular complexity index is 767. The van der Waals surface area contributed by atoms with Crippen LogP contribution in [-0.2, 0) is 15.8 Å². The molecule has 0 spiro atoms. The van der Waals surface area contributed by atoms with E-state index in [-0.39, 0.29) is 11.8 Å². The van der Waals surface area contributed by atoms with Crippen LogP contribution in [-0.4, -0.2) is 27.5 Å². The Morgan fingerprint density at radius 2 is 1.75 bits per heavy atom. The zero-order valence-electron chi connectivity index (χ0n) is 14.0. The number of anilines is 1. The lowest BCUT2D eigenvalue weighted by atomic mass is 10.1. The fraction of sp³-hybridized carbons (Fsp3) is 0.368. The van der Waals surface area contributed by atoms with Gasteiger partial charge in [0, 0.05) is 24.8 Å². The van der Waals surface area contributed by atoms with Gasteiger partial charge in [-0.25, -0.2) is 13.1 Å². The number of piperidine rings is 1. The van der Waals surface area contributed by atoms with Gasteiger partial charge in [-0.3, -0.25) is 0 Å². The third-order valence-electron chi connectivity index (χ3n) is 4.40. The summed E-state index contributed by atoms with van der Waals surface area (Å²) in [4.78, 5) is 2.31. The van der Waals surface area contributed by atoms with Crippen LogP contribution in [0.15, 0.2) is 54.6 Å². The van der Waals surface area contributed by atoms with Crippen LogP contribution in [0.5, 0.6) is 0 Å². The zero-order chi connectivity index (χ0) is 17.0. The summed E-state index contributed by atoms with van der Waals surface area (Å²) in [5.74, 6) is 0.0492. The first-order valence-electron chi connectivity index (χ1n) is 8.37. The van der Waals surface area contributed by atoms with Crippen LogP contribution >= 0.6 is 0 Å². The molecular weight excluding hydrogens is 320 g/mol. The quantitative estimate of drug-likeness (QED) is 0.907. The highest BCUT2D eigenvalue weighted by atomic mass is 32.2. The van der Waals surface area contributed by atoms with Gasteiger partial charge in [0.1, 0.15) is 0 Å². The van der Waals surface area contributed by atoms with Crippen molar-refractivity contribution >= 4 is 15.7 Å². The Morgan fingerprint density at radius 1 is 1.04 bits per heavy atom. The van der Waals surface area contributed by atoms with Gasteiger partial charge in [-0.2, -0.15) is 0 Å². The molecule has 0 unspecified atom stereocenters. The van der Waals surface area contributed by atoms with Crippen molar-refractivity contribution in [3.63, 3.8) is 0 Å². The molecule has 0 radical (unpaired) electrons. The third-order valence-corrected chi connectivity index (χ3v) is 5.81. The van der Waals surface area contributed by atoms with Gasteiger partial charge in [-0.1, -0.05) is 48.0 Å². The van der Waals surface area contributed by atoms with E-state index in [2.05, 4.69) is 21.8 Å². The number of para-hydroxylation sites is 1. The van der Waals surface area contributed by atoms with Crippen molar-refractivity contribution < 1.29 is 8.42 Å². The molecule has 1 N–H and O–H groups in total. The zero-order valence-corrected chi connectivity index (χ0v) is 14.8. The van der Waals surface area contributed by atoms with Crippen molar-refractivity contribution in [2.75, 3.05) is 18.0 Å². The Balaban J connectivity index is 1.55. The molecule has 1 aliphatic heterocycles. The van der Waals surface area contributed by atoms with E-state index in [0.29, 0.717) is 0 Å². The van der Waals surface area contributed by atoms with Crippen molar-refractivity contribution in [3.05, 3.63) is 65.7 Å². The Labute approximate surface area is 144 Å². The summed E-state index contributed by atoms with van der Waals surface area (Å²) in [5.41, 5.74) is 3.13. The normalized spacial score (nSPS) is 16.3. The molecular formula is C19H24N2O2S. The molecule has 4 nitrogen and oxygen atoms in total. The molecule has 3 rings (SSSR count). The number of rotatable bonds is 5. The summed E-state index contributed by atoms with van der Waals surface area (Å²) in [5, 5.41) is 0. The van der Waals surface area contributed by atoms with E-state index in [9.17, 15) is 8.42 Å². The molecule has 2 aromatic rings. The second-order valence-electron chi connectivity index (χ2n) is 6.46. The summed E-state index contributed by atoms with van der Waals surface area (Å²) in [6.45, 7) is 3.73. The van der Waals surface area contributed by atoms with Crippen LogP contribution in [0.4, 0.5) is 5.69 Å². The van der Waals surface area contributed by atoms with Crippen molar-refractivity contribution in [3.8, 4) is 0 Å². The van der Waals surface area contributed by atoms with E-state index in [4.69, 9.17) is 0 Å². The van der Waals surface area contributed by atoms with Gasteiger partial charge in [-0.15, -0.1) is 0 Å². The molecule has 5 heteroatoms. The van der Waals surface area contributed by atoms with Gasteiger partial charge in [0.25, 0.3) is 0 Å². The minimum atomic E-state index is -3.30. The minimum Gasteiger partial charge on any atom is -0.371 e. The fourth-order valence-electron chi connectivity index (χ4n) is 3.21. The first-order valence-corrected chi connectivity index (χ1v) is 10.0. The summed E-state index contributed by atoms with van der Waals surface area (Å²) in [6, 6.07) is 18.0. The predicted molar refractivity (Wildman–Crippen MR) is 98.6 cm³/mol. The second kappa shape index (κ2) is 7.36. The average molecular weight is 344 g/mol. The third kappa shape index (κ3) is 4.58. The number of aryl methyl sites for hydroxylation is 1. The van der Waals surface area contributed by atoms with Crippen LogP contribution in [0, 0.1) is 6.92 Å². The SMILES string of the molecule is Cc1cccc(CS(=O)(=O)NC2CCN(c3ccccc3)CC2)c1. The van der Waals surface area contributed by atoms with Crippen molar-refractivity contribution in [2.45, 2.75) is 31.6 Å². The maximum Gasteiger partial charge on any atom is 0.216 e. The molecule has 0 amide bonds. The van der Waals surface area contributed by atoms with Gasteiger partial charge < -0.3 is 4.90 Å². The standard InChI is InChI=1S/C19H24N2O2S/c1-16-6-5-7-17(14-16)15-24(22,23)20-18-10-12-21(13-11-18)19-8-3-2-4-9-19/h2-9,14,18,20H,10-13,15H2,1H3. The molecule has 24 heavy (non-hydrogen) atoms. The van der Waals surface area contributed by atoms with E-state index in [1.54, 1.807) is 0 Å². The highest BCUT2D eigenvalue weighted by Gasteiger charge is 2.23. The van der Waals surface area contributed by atoms with E-state index in [1.165, 1.54) is 5.69 Å². The topological polar surface area (TPSA) is 49.4 Å². The van der Waals surface area contributed by atoms with E-state index in [0.717, 1.165) is 37.1 Å². The van der Waals surface area contributed by atoms with Gasteiger partial charge in [0.15, 0.2) is 0 Å². The van der Waals surface area contributed by atoms with Crippen LogP contribution in [0.2, 0.25) is 0 Å². The molecule has 0 saturated carbocycles. The number of benzene rings is 2. The van der Waals surface area contributed by atoms with Crippen LogP contribution in [0.25, 0.3) is 0 Å². The van der Waals surface area contributed by atoms with Crippen molar-refractivity contribution in [2.24, 2.45) is 0 Å². The summed E-state index contributed by atoms with van der Waals surface area (Å²) < 4.78 is 27.7. The number of sulfonamides is 1. The largest absolute Gasteiger partial charge is 0.371 e. The lowest BCUT2D eigenvalue weighted by Gasteiger charge is -2.33. The van der Waals surface area contributed by atoms with E-state index in [1.807, 2.05) is 49.4 Å². The smallest absolute Gasteiger partial charge is 0.216 e. The van der Waals surface area contributed by atoms with Gasteiger partial charge in [0.05, 0.1) is 5.75 Å². The molecule has 0 bridgehead atoms. The highest BCUT2D eigenvalue weighted by molar-refractivity contribution is 7.88. The number of nitrogens with one attached hydrogen (secondary N) is 1. The molecule has 2 aromatic carbocycles. The van der Waals surface area contributed by atoms with Crippen molar-refractivity contribution in [1.82, 2.24) is 4.72 Å². The molecule has 1 heterocycles. The molecule has 0 atom stereocenters. The molecule has 1 fully saturated rings. The van der Waals surface area contributed by atoms with Gasteiger partial charge in [0.2, 0.25) is 10.0 Å². The van der Waals surface area contributed by atoms with E-state index >= 15 is 0 Å². The molecule has 128 valence electrons. The Hall–Kier alpha value is -1.85. The van der Waals surface area contributed by atoms with Gasteiger partial charge in [-0.05, 0) is 37.5 Å². The molecule has 1 saturated heterocycles. The van der Waals surface area contributed by atoms with Crippen LogP contribution in [0.1, 0.15) is 24.0 Å². The van der Waals surface area contributed by atoms with Crippen LogP contribution in [0.3, 0.4) is 0 Å². The average Bonchev–Trinajstić information content (AvgIpc) is 2.55. The summed E-state index contributed by atoms with van der Waals surface area (Å²) in [6.07, 6.45) is 1.67. The number of hydrogen-bond donors (Lipinski definition) is 1. The molecule has 1 aliphatic rings. The second-order valence-corrected chi connectivity index (χ2v) is 8.22. The van der Waals surface area contributed by atoms with Gasteiger partial charge >= 0.3 is 0 Å². The Kier molecular flexibility index (Phi) is 5.21. The number of hydrogen-bond acceptors (Lipinski definition) is 3. The maximum atomic E-state index is 12.4. The number of nitrogens with zero attached hydrogens (tertiary/aromatic N) is 1. The Morgan fingerprint density at radius 3 is 2.42 bits per heavy atom. The first kappa shape index (κ1) is 17.0. The maximum absolute atomic E-state index is 12.4. The lowest BCUT2D eigenvalue weighted by Crippen LogP contribution is -2.45. The highest BCUT2D eigenvalue weighted by Crippen LogP contribution is 2.20. The molecule has 0 aliphatic carbocycles. The minimum absolute atomic E-state index is 0.0276. The van der Waals surface area contributed by atoms with Crippen LogP contribution < -0.4 is 9.62 Å². The summed E-state index contributed by atoms with van der Waals surface area (Å²) >= 11 is 0. The van der Waals surface area contributed by atoms with E-state index < -0.39 is 10.0 Å². The lowest BCUT2D eigenvalue weighted by molar-refractivity contribution is 0.460. The predicted octanol–water partition coefficient (Wildman–Crippen LogP) is 3.08. The molecule has 0 aromatic heterocycles. The fourth-order valence-corrected chi connectivity index (χ4v) is 4.66. The summed E-state index contributed by atoms with van der Waals surface area (Å²) in [7, 11) is -3.30. The van der Waals surface area contributed by atoms with Crippen molar-refractivity contribution in [1.29, 1.82) is 0 Å².